The molecule has 0 fully saturated rings. The molecule has 0 N–H and O–H groups in total. The quantitative estimate of drug-likeness (QED) is 0.696. The van der Waals surface area contributed by atoms with Crippen molar-refractivity contribution in [2.24, 2.45) is 0 Å². The lowest BCUT2D eigenvalue weighted by molar-refractivity contribution is -0.286. The summed E-state index contributed by atoms with van der Waals surface area (Å²) >= 11 is 0. The first-order valence-electron chi connectivity index (χ1n) is 4.16. The average Bonchev–Trinajstić information content (AvgIpc) is 2.35. The van der Waals surface area contributed by atoms with E-state index in [0.717, 1.165) is 0 Å². The van der Waals surface area contributed by atoms with E-state index in [1.54, 1.807) is 0 Å². The summed E-state index contributed by atoms with van der Waals surface area (Å²) in [7, 11) is -2.67. The number of ether oxygens (including phenoxy) is 2. The lowest BCUT2D eigenvalue weighted by atomic mass is 10.3. The maximum absolute atomic E-state index is 12.8. The van der Waals surface area contributed by atoms with Gasteiger partial charge in [0.25, 0.3) is 0 Å². The highest BCUT2D eigenvalue weighted by atomic mass is 31.2. The summed E-state index contributed by atoms with van der Waals surface area (Å²) in [5.41, 5.74) is 0. The molecule has 0 atom stereocenters. The van der Waals surface area contributed by atoms with E-state index in [-0.39, 0.29) is 16.8 Å². The average molecular weight is 233 g/mol. The summed E-state index contributed by atoms with van der Waals surface area (Å²) in [6, 6.07) is 5.30. The Bertz CT molecular complexity index is 453. The van der Waals surface area contributed by atoms with E-state index in [2.05, 4.69) is 15.5 Å². The summed E-state index contributed by atoms with van der Waals surface area (Å²) in [6.45, 7) is 2.95. The lowest BCUT2D eigenvalue weighted by Gasteiger charge is -2.09. The molecule has 0 bridgehead atoms. The summed E-state index contributed by atoms with van der Waals surface area (Å²) in [6.07, 6.45) is -3.69. The minimum Gasteiger partial charge on any atom is -0.395 e. The second-order valence-electron chi connectivity index (χ2n) is 3.54. The van der Waals surface area contributed by atoms with Crippen molar-refractivity contribution in [3.63, 3.8) is 0 Å². The van der Waals surface area contributed by atoms with Crippen LogP contribution in [0.5, 0.6) is 11.5 Å². The van der Waals surface area contributed by atoms with Gasteiger partial charge in [-0.3, -0.25) is 0 Å². The number of alkyl halides is 2. The Morgan fingerprint density at radius 3 is 2.67 bits per heavy atom. The number of hydrogen-bond acceptors (Lipinski definition) is 3. The fourth-order valence-corrected chi connectivity index (χ4v) is 2.38. The van der Waals surface area contributed by atoms with Crippen LogP contribution in [0.15, 0.2) is 12.1 Å². The highest BCUT2D eigenvalue weighted by molar-refractivity contribution is 7.70. The topological polar surface area (TPSA) is 35.5 Å². The third-order valence-electron chi connectivity index (χ3n) is 1.92. The molecule has 1 radical (unpaired) electrons. The van der Waals surface area contributed by atoms with Gasteiger partial charge in [-0.2, -0.15) is 0 Å². The van der Waals surface area contributed by atoms with Gasteiger partial charge < -0.3 is 14.0 Å². The summed E-state index contributed by atoms with van der Waals surface area (Å²) < 4.78 is 45.8. The molecule has 1 aliphatic heterocycles. The molecule has 0 saturated heterocycles. The first-order chi connectivity index (χ1) is 6.80. The molecule has 0 aromatic heterocycles. The van der Waals surface area contributed by atoms with Crippen molar-refractivity contribution in [1.29, 1.82) is 0 Å². The van der Waals surface area contributed by atoms with Crippen molar-refractivity contribution in [2.75, 3.05) is 13.3 Å². The number of rotatable bonds is 1. The fraction of sp³-hybridized carbons (Fsp3) is 0.333. The molecule has 3 nitrogen and oxygen atoms in total. The first-order valence-corrected chi connectivity index (χ1v) is 6.76. The van der Waals surface area contributed by atoms with Gasteiger partial charge in [-0.05, 0) is 25.5 Å². The minimum absolute atomic E-state index is 0.171. The molecule has 2 rings (SSSR count). The van der Waals surface area contributed by atoms with Crippen LogP contribution in [0.25, 0.3) is 0 Å². The lowest BCUT2D eigenvalue weighted by Crippen LogP contribution is -2.26. The zero-order valence-corrected chi connectivity index (χ0v) is 8.98. The third kappa shape index (κ3) is 1.84. The molecule has 0 unspecified atom stereocenters. The zero-order valence-electron chi connectivity index (χ0n) is 8.08. The number of hydrogen-bond donors (Lipinski definition) is 0. The molecule has 0 saturated carbocycles. The van der Waals surface area contributed by atoms with Gasteiger partial charge in [-0.1, -0.05) is 0 Å². The molecule has 0 amide bonds. The molecule has 1 aliphatic rings. The Labute approximate surface area is 85.4 Å². The normalized spacial score (nSPS) is 17.9. The van der Waals surface area contributed by atoms with E-state index in [1.807, 2.05) is 0 Å². The van der Waals surface area contributed by atoms with Crippen LogP contribution < -0.4 is 14.8 Å². The number of benzene rings is 1. The molecule has 81 valence electrons. The van der Waals surface area contributed by atoms with Gasteiger partial charge in [0.1, 0.15) is 7.14 Å². The standard InChI is InChI=1S/C9H8F2O3P/c1-15(2,12)7-5-3-4-6-8(7)14-9(10,11)13-6/h3,5H,1-2H3. The van der Waals surface area contributed by atoms with E-state index < -0.39 is 13.4 Å². The Balaban J connectivity index is 2.56. The van der Waals surface area contributed by atoms with Crippen LogP contribution in [0.3, 0.4) is 0 Å². The molecule has 1 aromatic carbocycles. The predicted octanol–water partition coefficient (Wildman–Crippen LogP) is 2.06. The van der Waals surface area contributed by atoms with Crippen molar-refractivity contribution in [2.45, 2.75) is 6.29 Å². The van der Waals surface area contributed by atoms with Gasteiger partial charge in [0.2, 0.25) is 0 Å². The zero-order chi connectivity index (χ0) is 11.3. The maximum Gasteiger partial charge on any atom is 0.586 e. The molecule has 15 heavy (non-hydrogen) atoms. The SMILES string of the molecule is CP(C)(=O)c1cc[c]c2c1OC(F)(F)O2. The van der Waals surface area contributed by atoms with E-state index in [0.29, 0.717) is 0 Å². The number of halogens is 2. The highest BCUT2D eigenvalue weighted by Crippen LogP contribution is 2.47. The predicted molar refractivity (Wildman–Crippen MR) is 50.6 cm³/mol. The van der Waals surface area contributed by atoms with E-state index in [9.17, 15) is 13.3 Å². The molecule has 1 aromatic rings. The highest BCUT2D eigenvalue weighted by Gasteiger charge is 2.45. The Morgan fingerprint density at radius 2 is 2.07 bits per heavy atom. The van der Waals surface area contributed by atoms with Gasteiger partial charge in [-0.15, -0.1) is 8.78 Å². The van der Waals surface area contributed by atoms with E-state index in [1.165, 1.54) is 25.5 Å². The van der Waals surface area contributed by atoms with Crippen LogP contribution in [-0.4, -0.2) is 19.6 Å². The Kier molecular flexibility index (Phi) is 2.05. The molecule has 0 aliphatic carbocycles. The largest absolute Gasteiger partial charge is 0.586 e. The fourth-order valence-electron chi connectivity index (χ4n) is 1.31. The minimum atomic E-state index is -3.69. The summed E-state index contributed by atoms with van der Waals surface area (Å²) in [5.74, 6) is -0.364. The molecular weight excluding hydrogens is 225 g/mol. The van der Waals surface area contributed by atoms with Gasteiger partial charge in [0.05, 0.1) is 5.30 Å². The Morgan fingerprint density at radius 1 is 1.40 bits per heavy atom. The molecule has 0 spiro atoms. The van der Waals surface area contributed by atoms with E-state index >= 15 is 0 Å². The van der Waals surface area contributed by atoms with Crippen LogP contribution in [0.4, 0.5) is 8.78 Å². The van der Waals surface area contributed by atoms with Crippen LogP contribution in [-0.2, 0) is 4.57 Å². The third-order valence-corrected chi connectivity index (χ3v) is 3.43. The van der Waals surface area contributed by atoms with Crippen molar-refractivity contribution < 1.29 is 22.8 Å². The van der Waals surface area contributed by atoms with Crippen LogP contribution in [0, 0.1) is 6.07 Å². The monoisotopic (exact) mass is 233 g/mol. The summed E-state index contributed by atoms with van der Waals surface area (Å²) in [4.78, 5) is 0. The smallest absolute Gasteiger partial charge is 0.395 e. The van der Waals surface area contributed by atoms with Crippen LogP contribution >= 0.6 is 7.14 Å². The molecule has 1 heterocycles. The summed E-state index contributed by atoms with van der Waals surface area (Å²) in [5, 5.41) is 0.244. The van der Waals surface area contributed by atoms with Gasteiger partial charge in [0.15, 0.2) is 11.5 Å². The van der Waals surface area contributed by atoms with Crippen LogP contribution in [0.2, 0.25) is 0 Å². The molecular formula is C9H8F2O3P. The second-order valence-corrected chi connectivity index (χ2v) is 6.72. The maximum atomic E-state index is 12.8. The van der Waals surface area contributed by atoms with Gasteiger partial charge in [0, 0.05) is 6.07 Å². The second kappa shape index (κ2) is 2.95. The van der Waals surface area contributed by atoms with Gasteiger partial charge >= 0.3 is 6.29 Å². The van der Waals surface area contributed by atoms with E-state index in [4.69, 9.17) is 0 Å². The Hall–Kier alpha value is -1.09. The van der Waals surface area contributed by atoms with Crippen molar-refractivity contribution in [3.05, 3.63) is 18.2 Å². The van der Waals surface area contributed by atoms with Crippen molar-refractivity contribution in [3.8, 4) is 11.5 Å². The van der Waals surface area contributed by atoms with Gasteiger partial charge in [-0.25, -0.2) is 0 Å². The van der Waals surface area contributed by atoms with Crippen LogP contribution in [0.1, 0.15) is 0 Å². The van der Waals surface area contributed by atoms with Crippen molar-refractivity contribution in [1.82, 2.24) is 0 Å². The van der Waals surface area contributed by atoms with Crippen molar-refractivity contribution >= 4 is 12.4 Å². The molecule has 6 heteroatoms. The number of fused-ring (bicyclic) bond motifs is 1. The first kappa shape index (κ1) is 10.4.